The van der Waals surface area contributed by atoms with E-state index >= 15 is 0 Å². The van der Waals surface area contributed by atoms with Gasteiger partial charge in [-0.1, -0.05) is 18.2 Å². The van der Waals surface area contributed by atoms with E-state index in [0.29, 0.717) is 23.6 Å². The Labute approximate surface area is 158 Å². The Kier molecular flexibility index (Phi) is 6.84. The summed E-state index contributed by atoms with van der Waals surface area (Å²) < 4.78 is 10.7. The normalized spacial score (nSPS) is 11.8. The Balaban J connectivity index is 1.92. The minimum Gasteiger partial charge on any atom is -0.496 e. The minimum absolute atomic E-state index is 0.0960. The van der Waals surface area contributed by atoms with E-state index in [1.54, 1.807) is 27.0 Å². The number of hydrazine groups is 1. The standard InChI is InChI=1S/C19H26N4O4/c1-12-10-15(13(2)27-12)18(24)21-22-19(25)20-11-16(23(3)4)14-8-6-7-9-17(14)26-5/h6-10,16H,11H2,1-5H3,(H,21,24)(H2,20,22,25). The molecule has 0 aliphatic rings. The number of carbonyl (C=O) groups is 2. The highest BCUT2D eigenvalue weighted by Crippen LogP contribution is 2.27. The summed E-state index contributed by atoms with van der Waals surface area (Å²) in [7, 11) is 5.45. The van der Waals surface area contributed by atoms with Crippen molar-refractivity contribution in [1.82, 2.24) is 21.1 Å². The molecule has 8 nitrogen and oxygen atoms in total. The fourth-order valence-corrected chi connectivity index (χ4v) is 2.78. The molecule has 0 saturated carbocycles. The summed E-state index contributed by atoms with van der Waals surface area (Å²) in [5.74, 6) is 1.44. The number of furan rings is 1. The number of carbonyl (C=O) groups excluding carboxylic acids is 2. The Hall–Kier alpha value is -3.00. The highest BCUT2D eigenvalue weighted by molar-refractivity contribution is 5.96. The SMILES string of the molecule is COc1ccccc1C(CNC(=O)NNC(=O)c1cc(C)oc1C)N(C)C. The molecule has 3 amide bonds. The number of nitrogens with one attached hydrogen (secondary N) is 3. The molecule has 1 atom stereocenters. The zero-order chi connectivity index (χ0) is 20.0. The summed E-state index contributed by atoms with van der Waals surface area (Å²) in [6.07, 6.45) is 0. The predicted octanol–water partition coefficient (Wildman–Crippen LogP) is 2.15. The molecule has 0 fully saturated rings. The number of urea groups is 1. The van der Waals surface area contributed by atoms with Crippen LogP contribution in [0.2, 0.25) is 0 Å². The molecular weight excluding hydrogens is 348 g/mol. The maximum atomic E-state index is 12.1. The maximum absolute atomic E-state index is 12.1. The van der Waals surface area contributed by atoms with Crippen LogP contribution in [0.3, 0.4) is 0 Å². The molecule has 1 aromatic heterocycles. The lowest BCUT2D eigenvalue weighted by Crippen LogP contribution is -2.48. The van der Waals surface area contributed by atoms with E-state index in [0.717, 1.165) is 11.3 Å². The highest BCUT2D eigenvalue weighted by atomic mass is 16.5. The van der Waals surface area contributed by atoms with Crippen molar-refractivity contribution in [2.45, 2.75) is 19.9 Å². The molecule has 2 rings (SSSR count). The smallest absolute Gasteiger partial charge is 0.333 e. The van der Waals surface area contributed by atoms with Crippen LogP contribution in [0.5, 0.6) is 5.75 Å². The second-order valence-corrected chi connectivity index (χ2v) is 6.34. The highest BCUT2D eigenvalue weighted by Gasteiger charge is 2.19. The van der Waals surface area contributed by atoms with Gasteiger partial charge in [0.2, 0.25) is 0 Å². The molecule has 0 aliphatic carbocycles. The van der Waals surface area contributed by atoms with Gasteiger partial charge in [0.25, 0.3) is 5.91 Å². The van der Waals surface area contributed by atoms with Gasteiger partial charge < -0.3 is 19.4 Å². The van der Waals surface area contributed by atoms with Crippen LogP contribution < -0.4 is 20.9 Å². The summed E-state index contributed by atoms with van der Waals surface area (Å²) >= 11 is 0. The summed E-state index contributed by atoms with van der Waals surface area (Å²) in [6, 6.07) is 8.66. The number of ether oxygens (including phenoxy) is 1. The third-order valence-electron chi connectivity index (χ3n) is 4.15. The van der Waals surface area contributed by atoms with Gasteiger partial charge in [0, 0.05) is 12.1 Å². The van der Waals surface area contributed by atoms with Crippen molar-refractivity contribution in [3.05, 3.63) is 53.0 Å². The van der Waals surface area contributed by atoms with Crippen LogP contribution in [-0.2, 0) is 0 Å². The lowest BCUT2D eigenvalue weighted by molar-refractivity contribution is 0.0934. The number of para-hydroxylation sites is 1. The number of methoxy groups -OCH3 is 1. The number of aryl methyl sites for hydroxylation is 2. The van der Waals surface area contributed by atoms with Crippen LogP contribution in [-0.4, -0.2) is 44.6 Å². The van der Waals surface area contributed by atoms with Crippen LogP contribution in [0.1, 0.15) is 33.5 Å². The molecule has 0 saturated heterocycles. The second-order valence-electron chi connectivity index (χ2n) is 6.34. The first-order valence-corrected chi connectivity index (χ1v) is 8.54. The number of benzene rings is 1. The molecule has 8 heteroatoms. The summed E-state index contributed by atoms with van der Waals surface area (Å²) in [4.78, 5) is 26.1. The molecular formula is C19H26N4O4. The van der Waals surface area contributed by atoms with Crippen LogP contribution >= 0.6 is 0 Å². The van der Waals surface area contributed by atoms with E-state index in [1.165, 1.54) is 0 Å². The fraction of sp³-hybridized carbons (Fsp3) is 0.368. The lowest BCUT2D eigenvalue weighted by atomic mass is 10.0. The first-order chi connectivity index (χ1) is 12.8. The summed E-state index contributed by atoms with van der Waals surface area (Å²) in [6.45, 7) is 3.78. The molecule has 27 heavy (non-hydrogen) atoms. The number of nitrogens with zero attached hydrogens (tertiary/aromatic N) is 1. The zero-order valence-electron chi connectivity index (χ0n) is 16.3. The van der Waals surface area contributed by atoms with Gasteiger partial charge in [0.15, 0.2) is 0 Å². The Bertz CT molecular complexity index is 801. The van der Waals surface area contributed by atoms with Gasteiger partial charge in [0.1, 0.15) is 17.3 Å². The average molecular weight is 374 g/mol. The predicted molar refractivity (Wildman–Crippen MR) is 102 cm³/mol. The van der Waals surface area contributed by atoms with Crippen molar-refractivity contribution >= 4 is 11.9 Å². The molecule has 3 N–H and O–H groups in total. The van der Waals surface area contributed by atoms with E-state index in [4.69, 9.17) is 9.15 Å². The summed E-state index contributed by atoms with van der Waals surface area (Å²) in [5.41, 5.74) is 6.06. The van der Waals surface area contributed by atoms with Crippen molar-refractivity contribution in [2.75, 3.05) is 27.7 Å². The van der Waals surface area contributed by atoms with Gasteiger partial charge in [-0.3, -0.25) is 10.2 Å². The van der Waals surface area contributed by atoms with Gasteiger partial charge >= 0.3 is 6.03 Å². The third-order valence-corrected chi connectivity index (χ3v) is 4.15. The molecule has 2 aromatic rings. The van der Waals surface area contributed by atoms with Crippen molar-refractivity contribution in [1.29, 1.82) is 0 Å². The summed E-state index contributed by atoms with van der Waals surface area (Å²) in [5, 5.41) is 2.76. The second kappa shape index (κ2) is 9.09. The first kappa shape index (κ1) is 20.3. The topological polar surface area (TPSA) is 95.8 Å². The van der Waals surface area contributed by atoms with E-state index in [1.807, 2.05) is 43.3 Å². The molecule has 0 bridgehead atoms. The monoisotopic (exact) mass is 374 g/mol. The molecule has 1 heterocycles. The van der Waals surface area contributed by atoms with Gasteiger partial charge in [-0.2, -0.15) is 0 Å². The van der Waals surface area contributed by atoms with Crippen molar-refractivity contribution in [3.8, 4) is 5.75 Å². The van der Waals surface area contributed by atoms with E-state index < -0.39 is 11.9 Å². The minimum atomic E-state index is -0.511. The Morgan fingerprint density at radius 3 is 2.48 bits per heavy atom. The van der Waals surface area contributed by atoms with Gasteiger partial charge in [-0.05, 0) is 40.1 Å². The molecule has 1 aromatic carbocycles. The first-order valence-electron chi connectivity index (χ1n) is 8.54. The van der Waals surface area contributed by atoms with E-state index in [-0.39, 0.29) is 6.04 Å². The Morgan fingerprint density at radius 2 is 1.89 bits per heavy atom. The van der Waals surface area contributed by atoms with E-state index in [9.17, 15) is 9.59 Å². The zero-order valence-corrected chi connectivity index (χ0v) is 16.3. The van der Waals surface area contributed by atoms with Crippen LogP contribution in [0.4, 0.5) is 4.79 Å². The quantitative estimate of drug-likeness (QED) is 0.674. The van der Waals surface area contributed by atoms with E-state index in [2.05, 4.69) is 16.2 Å². The molecule has 1 unspecified atom stereocenters. The fourth-order valence-electron chi connectivity index (χ4n) is 2.78. The number of hydrogen-bond donors (Lipinski definition) is 3. The molecule has 0 radical (unpaired) electrons. The number of likely N-dealkylation sites (N-methyl/N-ethyl adjacent to an activating group) is 1. The number of rotatable bonds is 6. The van der Waals surface area contributed by atoms with Gasteiger partial charge in [-0.15, -0.1) is 0 Å². The molecule has 146 valence electrons. The number of amides is 3. The van der Waals surface area contributed by atoms with Crippen LogP contribution in [0.25, 0.3) is 0 Å². The maximum Gasteiger partial charge on any atom is 0.333 e. The van der Waals surface area contributed by atoms with Crippen molar-refractivity contribution in [2.24, 2.45) is 0 Å². The number of hydrogen-bond acceptors (Lipinski definition) is 5. The van der Waals surface area contributed by atoms with Crippen molar-refractivity contribution in [3.63, 3.8) is 0 Å². The largest absolute Gasteiger partial charge is 0.496 e. The lowest BCUT2D eigenvalue weighted by Gasteiger charge is -2.26. The molecule has 0 spiro atoms. The molecule has 0 aliphatic heterocycles. The van der Waals surface area contributed by atoms with Crippen molar-refractivity contribution < 1.29 is 18.7 Å². The third kappa shape index (κ3) is 5.24. The van der Waals surface area contributed by atoms with Crippen LogP contribution in [0, 0.1) is 13.8 Å². The van der Waals surface area contributed by atoms with Crippen LogP contribution in [0.15, 0.2) is 34.7 Å². The Morgan fingerprint density at radius 1 is 1.19 bits per heavy atom. The van der Waals surface area contributed by atoms with Gasteiger partial charge in [0.05, 0.1) is 18.7 Å². The van der Waals surface area contributed by atoms with Gasteiger partial charge in [-0.25, -0.2) is 10.2 Å². The average Bonchev–Trinajstić information content (AvgIpc) is 2.98.